The molecule has 1 amide bonds. The predicted molar refractivity (Wildman–Crippen MR) is 145 cm³/mol. The second kappa shape index (κ2) is 11.6. The summed E-state index contributed by atoms with van der Waals surface area (Å²) >= 11 is 5.92. The molecular formula is C29H22ClF4N5O2. The standard InChI is InChI=1S/C29H22ClF4N5O2/c30-27-12-20(7-9-36-27)16-37-28(40)39-24-8-11-38(10-1-2-18-3-5-19(15-35)6-4-18)17-22(24)21-13-23(31)26(14-25(21)39)41-29(32,33)34/h1-7,9,12-14H,8,10-11,16-17H2,(H,37,40)/b2-1+. The van der Waals surface area contributed by atoms with Gasteiger partial charge in [0, 0.05) is 55.9 Å². The number of alkyl halides is 3. The number of hydrogen-bond acceptors (Lipinski definition) is 5. The Morgan fingerprint density at radius 1 is 1.20 bits per heavy atom. The molecule has 210 valence electrons. The number of pyridine rings is 1. The zero-order chi connectivity index (χ0) is 29.1. The number of benzene rings is 2. The molecule has 41 heavy (non-hydrogen) atoms. The fourth-order valence-electron chi connectivity index (χ4n) is 4.82. The molecule has 0 spiro atoms. The van der Waals surface area contributed by atoms with Gasteiger partial charge in [0.25, 0.3) is 0 Å². The molecule has 12 heteroatoms. The van der Waals surface area contributed by atoms with Crippen molar-refractivity contribution < 1.29 is 27.1 Å². The minimum absolute atomic E-state index is 0.0922. The van der Waals surface area contributed by atoms with E-state index in [4.69, 9.17) is 16.9 Å². The number of rotatable bonds is 6. The average molecular weight is 584 g/mol. The van der Waals surface area contributed by atoms with Gasteiger partial charge in [-0.2, -0.15) is 5.26 Å². The van der Waals surface area contributed by atoms with Crippen molar-refractivity contribution >= 4 is 34.6 Å². The second-order valence-electron chi connectivity index (χ2n) is 9.38. The third-order valence-corrected chi connectivity index (χ3v) is 6.86. The number of nitrogens with zero attached hydrogens (tertiary/aromatic N) is 4. The number of ether oxygens (including phenoxy) is 1. The first-order valence-electron chi connectivity index (χ1n) is 12.5. The number of carbonyl (C=O) groups excluding carboxylic acids is 1. The number of nitrogens with one attached hydrogen (secondary N) is 1. The molecule has 0 atom stereocenters. The van der Waals surface area contributed by atoms with Gasteiger partial charge in [0.1, 0.15) is 5.15 Å². The summed E-state index contributed by atoms with van der Waals surface area (Å²) in [6, 6.07) is 13.8. The molecule has 1 aliphatic rings. The van der Waals surface area contributed by atoms with E-state index in [1.807, 2.05) is 24.3 Å². The summed E-state index contributed by atoms with van der Waals surface area (Å²) in [5, 5.41) is 12.3. The van der Waals surface area contributed by atoms with Crippen LogP contribution in [0.25, 0.3) is 17.0 Å². The highest BCUT2D eigenvalue weighted by Crippen LogP contribution is 2.36. The van der Waals surface area contributed by atoms with E-state index in [1.165, 1.54) is 10.8 Å². The van der Waals surface area contributed by atoms with E-state index in [0.29, 0.717) is 53.8 Å². The summed E-state index contributed by atoms with van der Waals surface area (Å²) in [7, 11) is 0. The molecule has 0 fully saturated rings. The summed E-state index contributed by atoms with van der Waals surface area (Å²) in [6.07, 6.45) is 0.657. The Labute approximate surface area is 237 Å². The van der Waals surface area contributed by atoms with Crippen LogP contribution in [0, 0.1) is 17.1 Å². The van der Waals surface area contributed by atoms with E-state index < -0.39 is 24.0 Å². The van der Waals surface area contributed by atoms with Crippen LogP contribution < -0.4 is 10.1 Å². The number of halogens is 5. The number of nitriles is 1. The largest absolute Gasteiger partial charge is 0.573 e. The van der Waals surface area contributed by atoms with Crippen molar-refractivity contribution in [2.45, 2.75) is 25.9 Å². The third kappa shape index (κ3) is 6.51. The van der Waals surface area contributed by atoms with Gasteiger partial charge >= 0.3 is 12.4 Å². The molecular weight excluding hydrogens is 562 g/mol. The lowest BCUT2D eigenvalue weighted by Crippen LogP contribution is -2.34. The first-order chi connectivity index (χ1) is 19.6. The Bertz CT molecular complexity index is 1680. The molecule has 0 radical (unpaired) electrons. The summed E-state index contributed by atoms with van der Waals surface area (Å²) in [4.78, 5) is 19.4. The Hall–Kier alpha value is -4.40. The quantitative estimate of drug-likeness (QED) is 0.209. The zero-order valence-electron chi connectivity index (χ0n) is 21.4. The van der Waals surface area contributed by atoms with Crippen LogP contribution in [0.15, 0.2) is 60.8 Å². The maximum Gasteiger partial charge on any atom is 0.573 e. The molecule has 0 unspecified atom stereocenters. The number of hydrogen-bond donors (Lipinski definition) is 1. The van der Waals surface area contributed by atoms with Crippen molar-refractivity contribution in [3.63, 3.8) is 0 Å². The summed E-state index contributed by atoms with van der Waals surface area (Å²) < 4.78 is 58.9. The Morgan fingerprint density at radius 3 is 2.68 bits per heavy atom. The zero-order valence-corrected chi connectivity index (χ0v) is 22.1. The smallest absolute Gasteiger partial charge is 0.403 e. The van der Waals surface area contributed by atoms with Crippen LogP contribution in [0.3, 0.4) is 0 Å². The minimum atomic E-state index is -5.10. The van der Waals surface area contributed by atoms with Crippen molar-refractivity contribution in [2.75, 3.05) is 13.1 Å². The van der Waals surface area contributed by atoms with E-state index in [-0.39, 0.29) is 17.2 Å². The Kier molecular flexibility index (Phi) is 7.97. The fraction of sp³-hybridized carbons (Fsp3) is 0.207. The normalized spacial score (nSPS) is 13.8. The van der Waals surface area contributed by atoms with E-state index in [1.54, 1.807) is 24.3 Å². The lowest BCUT2D eigenvalue weighted by Gasteiger charge is -2.27. The number of carbonyl (C=O) groups is 1. The van der Waals surface area contributed by atoms with Crippen LogP contribution in [0.5, 0.6) is 5.75 Å². The molecule has 2 aromatic carbocycles. The first kappa shape index (κ1) is 28.1. The molecule has 0 saturated heterocycles. The van der Waals surface area contributed by atoms with Crippen LogP contribution >= 0.6 is 11.6 Å². The highest BCUT2D eigenvalue weighted by molar-refractivity contribution is 6.29. The lowest BCUT2D eigenvalue weighted by atomic mass is 10.0. The van der Waals surface area contributed by atoms with Crippen molar-refractivity contribution in [3.8, 4) is 11.8 Å². The van der Waals surface area contributed by atoms with Crippen molar-refractivity contribution in [1.82, 2.24) is 19.8 Å². The molecule has 4 aromatic rings. The van der Waals surface area contributed by atoms with Crippen molar-refractivity contribution in [1.29, 1.82) is 5.26 Å². The average Bonchev–Trinajstić information content (AvgIpc) is 3.24. The van der Waals surface area contributed by atoms with Gasteiger partial charge in [0.15, 0.2) is 11.6 Å². The first-order valence-corrected chi connectivity index (χ1v) is 12.9. The molecule has 1 N–H and O–H groups in total. The molecule has 2 aromatic heterocycles. The number of fused-ring (bicyclic) bond motifs is 3. The molecule has 7 nitrogen and oxygen atoms in total. The van der Waals surface area contributed by atoms with E-state index in [2.05, 4.69) is 26.0 Å². The number of aromatic nitrogens is 2. The fourth-order valence-corrected chi connectivity index (χ4v) is 5.01. The Balaban J connectivity index is 1.44. The van der Waals surface area contributed by atoms with Gasteiger partial charge in [-0.15, -0.1) is 13.2 Å². The third-order valence-electron chi connectivity index (χ3n) is 6.66. The maximum absolute atomic E-state index is 14.8. The lowest BCUT2D eigenvalue weighted by molar-refractivity contribution is -0.275. The maximum atomic E-state index is 14.8. The molecule has 0 aliphatic carbocycles. The molecule has 5 rings (SSSR count). The number of amides is 1. The summed E-state index contributed by atoms with van der Waals surface area (Å²) in [5.41, 5.74) is 3.50. The van der Waals surface area contributed by atoms with Crippen LogP contribution in [0.2, 0.25) is 5.15 Å². The van der Waals surface area contributed by atoms with Crippen molar-refractivity contribution in [2.24, 2.45) is 0 Å². The molecule has 1 aliphatic heterocycles. The van der Waals surface area contributed by atoms with Gasteiger partial charge in [0.2, 0.25) is 0 Å². The van der Waals surface area contributed by atoms with E-state index >= 15 is 0 Å². The monoisotopic (exact) mass is 583 g/mol. The van der Waals surface area contributed by atoms with E-state index in [9.17, 15) is 22.4 Å². The highest BCUT2D eigenvalue weighted by Gasteiger charge is 2.34. The van der Waals surface area contributed by atoms with Crippen LogP contribution in [0.4, 0.5) is 22.4 Å². The van der Waals surface area contributed by atoms with Gasteiger partial charge < -0.3 is 10.1 Å². The van der Waals surface area contributed by atoms with Crippen LogP contribution in [-0.2, 0) is 19.5 Å². The van der Waals surface area contributed by atoms with Gasteiger partial charge in [0.05, 0.1) is 17.1 Å². The molecule has 0 saturated carbocycles. The van der Waals surface area contributed by atoms with Crippen LogP contribution in [-0.4, -0.2) is 39.9 Å². The Morgan fingerprint density at radius 2 is 1.98 bits per heavy atom. The van der Waals surface area contributed by atoms with Gasteiger partial charge in [-0.05, 0) is 47.0 Å². The topological polar surface area (TPSA) is 83.2 Å². The summed E-state index contributed by atoms with van der Waals surface area (Å²) in [5.74, 6) is -2.20. The molecule has 3 heterocycles. The van der Waals surface area contributed by atoms with E-state index in [0.717, 1.165) is 17.7 Å². The minimum Gasteiger partial charge on any atom is -0.403 e. The van der Waals surface area contributed by atoms with Crippen LogP contribution in [0.1, 0.15) is 27.9 Å². The van der Waals surface area contributed by atoms with Crippen molar-refractivity contribution in [3.05, 3.63) is 99.7 Å². The molecule has 0 bridgehead atoms. The highest BCUT2D eigenvalue weighted by atomic mass is 35.5. The summed E-state index contributed by atoms with van der Waals surface area (Å²) in [6.45, 7) is 1.54. The van der Waals surface area contributed by atoms with Gasteiger partial charge in [-0.1, -0.05) is 35.9 Å². The SMILES string of the molecule is N#Cc1ccc(/C=C/CN2CCc3c(c4cc(F)c(OC(F)(F)F)cc4n3C(=O)NCc3ccnc(Cl)c3)C2)cc1. The van der Waals surface area contributed by atoms with Gasteiger partial charge in [-0.3, -0.25) is 9.47 Å². The predicted octanol–water partition coefficient (Wildman–Crippen LogP) is 6.43. The van der Waals surface area contributed by atoms with Gasteiger partial charge in [-0.25, -0.2) is 14.2 Å². The second-order valence-corrected chi connectivity index (χ2v) is 9.76.